The molecule has 2 rings (SSSR count). The summed E-state index contributed by atoms with van der Waals surface area (Å²) < 4.78 is 13.2. The minimum absolute atomic E-state index is 0.173. The van der Waals surface area contributed by atoms with E-state index in [2.05, 4.69) is 20.8 Å². The maximum Gasteiger partial charge on any atom is 0.123 e. The van der Waals surface area contributed by atoms with E-state index in [1.54, 1.807) is 6.07 Å². The summed E-state index contributed by atoms with van der Waals surface area (Å²) in [5.41, 5.74) is 8.82. The standard InChI is InChI=1S/C17H26FN/c1-12-11-14(18)5-6-15(12)17(19)9-7-13(8-10-17)16(2,3)4/h5-6,11,13H,7-10,19H2,1-4H3. The molecule has 0 radical (unpaired) electrons. The van der Waals surface area contributed by atoms with Gasteiger partial charge in [0.2, 0.25) is 0 Å². The molecule has 0 heterocycles. The minimum atomic E-state index is -0.264. The lowest BCUT2D eigenvalue weighted by Gasteiger charge is -2.43. The molecule has 2 N–H and O–H groups in total. The molecule has 19 heavy (non-hydrogen) atoms. The van der Waals surface area contributed by atoms with Crippen LogP contribution in [0.15, 0.2) is 18.2 Å². The molecule has 1 nitrogen and oxygen atoms in total. The van der Waals surface area contributed by atoms with E-state index in [1.807, 2.05) is 13.0 Å². The Morgan fingerprint density at radius 2 is 1.79 bits per heavy atom. The average Bonchev–Trinajstić information content (AvgIpc) is 2.27. The van der Waals surface area contributed by atoms with Gasteiger partial charge in [0.25, 0.3) is 0 Å². The fourth-order valence-electron chi connectivity index (χ4n) is 3.45. The molecule has 1 aliphatic carbocycles. The SMILES string of the molecule is Cc1cc(F)ccc1C1(N)CCC(C(C)(C)C)CC1. The van der Waals surface area contributed by atoms with Gasteiger partial charge in [-0.1, -0.05) is 26.8 Å². The zero-order valence-electron chi connectivity index (χ0n) is 12.6. The van der Waals surface area contributed by atoms with Gasteiger partial charge in [-0.25, -0.2) is 4.39 Å². The van der Waals surface area contributed by atoms with Gasteiger partial charge in [-0.15, -0.1) is 0 Å². The molecule has 1 aromatic rings. The number of rotatable bonds is 1. The van der Waals surface area contributed by atoms with Crippen molar-refractivity contribution in [2.24, 2.45) is 17.1 Å². The van der Waals surface area contributed by atoms with Crippen LogP contribution in [0.4, 0.5) is 4.39 Å². The monoisotopic (exact) mass is 263 g/mol. The number of halogens is 1. The van der Waals surface area contributed by atoms with E-state index >= 15 is 0 Å². The van der Waals surface area contributed by atoms with Gasteiger partial charge in [0, 0.05) is 5.54 Å². The predicted octanol–water partition coefficient (Wildman–Crippen LogP) is 4.52. The number of benzene rings is 1. The second-order valence-corrected chi connectivity index (χ2v) is 7.26. The molecule has 2 heteroatoms. The van der Waals surface area contributed by atoms with Crippen LogP contribution in [0.2, 0.25) is 0 Å². The number of aryl methyl sites for hydroxylation is 1. The zero-order chi connectivity index (χ0) is 14.3. The summed E-state index contributed by atoms with van der Waals surface area (Å²) in [5.74, 6) is 0.568. The van der Waals surface area contributed by atoms with Crippen molar-refractivity contribution in [3.63, 3.8) is 0 Å². The molecule has 0 unspecified atom stereocenters. The van der Waals surface area contributed by atoms with Crippen molar-refractivity contribution in [1.29, 1.82) is 0 Å². The molecule has 0 atom stereocenters. The van der Waals surface area contributed by atoms with Gasteiger partial charge in [-0.3, -0.25) is 0 Å². The third-order valence-corrected chi connectivity index (χ3v) is 4.83. The maximum absolute atomic E-state index is 13.2. The van der Waals surface area contributed by atoms with Crippen molar-refractivity contribution < 1.29 is 4.39 Å². The summed E-state index contributed by atoms with van der Waals surface area (Å²) in [6.07, 6.45) is 4.33. The molecule has 106 valence electrons. The van der Waals surface area contributed by atoms with E-state index in [0.717, 1.165) is 42.7 Å². The summed E-state index contributed by atoms with van der Waals surface area (Å²) in [5, 5.41) is 0. The highest BCUT2D eigenvalue weighted by molar-refractivity contribution is 5.33. The fourth-order valence-corrected chi connectivity index (χ4v) is 3.45. The van der Waals surface area contributed by atoms with E-state index < -0.39 is 0 Å². The normalized spacial score (nSPS) is 28.4. The van der Waals surface area contributed by atoms with Gasteiger partial charge in [0.05, 0.1) is 0 Å². The third-order valence-electron chi connectivity index (χ3n) is 4.83. The lowest BCUT2D eigenvalue weighted by Crippen LogP contribution is -2.43. The van der Waals surface area contributed by atoms with Crippen LogP contribution in [0.25, 0.3) is 0 Å². The van der Waals surface area contributed by atoms with Crippen LogP contribution in [0, 0.1) is 24.1 Å². The van der Waals surface area contributed by atoms with Crippen LogP contribution >= 0.6 is 0 Å². The molecule has 1 saturated carbocycles. The maximum atomic E-state index is 13.2. The summed E-state index contributed by atoms with van der Waals surface area (Å²) in [6, 6.07) is 5.01. The molecule has 0 amide bonds. The van der Waals surface area contributed by atoms with E-state index in [1.165, 1.54) is 6.07 Å². The molecule has 0 aliphatic heterocycles. The summed E-state index contributed by atoms with van der Waals surface area (Å²) in [4.78, 5) is 0. The second-order valence-electron chi connectivity index (χ2n) is 7.26. The van der Waals surface area contributed by atoms with Gasteiger partial charge in [0.1, 0.15) is 5.82 Å². The highest BCUT2D eigenvalue weighted by atomic mass is 19.1. The molecule has 0 saturated heterocycles. The molecule has 1 aromatic carbocycles. The van der Waals surface area contributed by atoms with Crippen LogP contribution in [-0.2, 0) is 5.54 Å². The van der Waals surface area contributed by atoms with Crippen molar-refractivity contribution in [2.75, 3.05) is 0 Å². The second kappa shape index (κ2) is 4.90. The average molecular weight is 263 g/mol. The smallest absolute Gasteiger partial charge is 0.123 e. The van der Waals surface area contributed by atoms with Crippen LogP contribution in [0.3, 0.4) is 0 Å². The Morgan fingerprint density at radius 1 is 1.21 bits per heavy atom. The Bertz CT molecular complexity index is 451. The van der Waals surface area contributed by atoms with Crippen LogP contribution in [0.1, 0.15) is 57.6 Å². The van der Waals surface area contributed by atoms with Gasteiger partial charge in [0.15, 0.2) is 0 Å². The van der Waals surface area contributed by atoms with Crippen molar-refractivity contribution in [3.05, 3.63) is 35.1 Å². The van der Waals surface area contributed by atoms with Gasteiger partial charge >= 0.3 is 0 Å². The fraction of sp³-hybridized carbons (Fsp3) is 0.647. The van der Waals surface area contributed by atoms with E-state index in [9.17, 15) is 4.39 Å². The van der Waals surface area contributed by atoms with Crippen molar-refractivity contribution in [1.82, 2.24) is 0 Å². The van der Waals surface area contributed by atoms with E-state index in [0.29, 0.717) is 5.41 Å². The predicted molar refractivity (Wildman–Crippen MR) is 78.4 cm³/mol. The zero-order valence-corrected chi connectivity index (χ0v) is 12.6. The van der Waals surface area contributed by atoms with Gasteiger partial charge in [-0.2, -0.15) is 0 Å². The topological polar surface area (TPSA) is 26.0 Å². The van der Waals surface area contributed by atoms with E-state index in [-0.39, 0.29) is 11.4 Å². The van der Waals surface area contributed by atoms with Crippen LogP contribution < -0.4 is 5.73 Å². The molecular formula is C17H26FN. The van der Waals surface area contributed by atoms with Crippen molar-refractivity contribution in [3.8, 4) is 0 Å². The Labute approximate surface area is 116 Å². The van der Waals surface area contributed by atoms with Crippen LogP contribution in [-0.4, -0.2) is 0 Å². The molecular weight excluding hydrogens is 237 g/mol. The number of hydrogen-bond donors (Lipinski definition) is 1. The molecule has 1 fully saturated rings. The Balaban J connectivity index is 2.18. The highest BCUT2D eigenvalue weighted by Crippen LogP contribution is 2.44. The third kappa shape index (κ3) is 3.00. The Kier molecular flexibility index (Phi) is 3.74. The van der Waals surface area contributed by atoms with Crippen molar-refractivity contribution in [2.45, 2.75) is 58.9 Å². The lowest BCUT2D eigenvalue weighted by atomic mass is 9.65. The Hall–Kier alpha value is -0.890. The van der Waals surface area contributed by atoms with E-state index in [4.69, 9.17) is 5.73 Å². The lowest BCUT2D eigenvalue weighted by molar-refractivity contribution is 0.133. The molecule has 0 aromatic heterocycles. The summed E-state index contributed by atoms with van der Waals surface area (Å²) in [7, 11) is 0. The minimum Gasteiger partial charge on any atom is -0.321 e. The Morgan fingerprint density at radius 3 is 2.26 bits per heavy atom. The van der Waals surface area contributed by atoms with Gasteiger partial charge in [-0.05, 0) is 67.2 Å². The van der Waals surface area contributed by atoms with Crippen LogP contribution in [0.5, 0.6) is 0 Å². The first-order valence-corrected chi connectivity index (χ1v) is 7.28. The quantitative estimate of drug-likeness (QED) is 0.791. The number of hydrogen-bond acceptors (Lipinski definition) is 1. The first-order valence-electron chi connectivity index (χ1n) is 7.28. The number of nitrogens with two attached hydrogens (primary N) is 1. The molecule has 0 spiro atoms. The molecule has 0 bridgehead atoms. The largest absolute Gasteiger partial charge is 0.321 e. The van der Waals surface area contributed by atoms with Gasteiger partial charge < -0.3 is 5.73 Å². The van der Waals surface area contributed by atoms with Crippen molar-refractivity contribution >= 4 is 0 Å². The first kappa shape index (κ1) is 14.5. The highest BCUT2D eigenvalue weighted by Gasteiger charge is 2.37. The molecule has 1 aliphatic rings. The summed E-state index contributed by atoms with van der Waals surface area (Å²) >= 11 is 0. The summed E-state index contributed by atoms with van der Waals surface area (Å²) in [6.45, 7) is 8.89. The first-order chi connectivity index (χ1) is 8.72.